The molecule has 1 aromatic carbocycles. The molecule has 16 heavy (non-hydrogen) atoms. The Kier molecular flexibility index (Phi) is 2.38. The molecule has 1 aromatic rings. The summed E-state index contributed by atoms with van der Waals surface area (Å²) in [5.41, 5.74) is 3.95. The summed E-state index contributed by atoms with van der Waals surface area (Å²) in [6.07, 6.45) is 1.59. The quantitative estimate of drug-likeness (QED) is 0.674. The fourth-order valence-electron chi connectivity index (χ4n) is 2.15. The third kappa shape index (κ3) is 1.75. The summed E-state index contributed by atoms with van der Waals surface area (Å²) in [4.78, 5) is 11.3. The Bertz CT molecular complexity index is 482. The Hall–Kier alpha value is -1.57. The standard InChI is InChI=1S/C14H16O2/c1-9-5-6-11(10(2)7-9)12-8-13(15)16-14(12,3)4/h5-8H,1-4H3. The first-order chi connectivity index (χ1) is 7.40. The van der Waals surface area contributed by atoms with Gasteiger partial charge in [0.1, 0.15) is 5.60 Å². The highest BCUT2D eigenvalue weighted by molar-refractivity contribution is 5.98. The largest absolute Gasteiger partial charge is 0.452 e. The molecule has 1 aliphatic heterocycles. The molecule has 0 bridgehead atoms. The number of ether oxygens (including phenoxy) is 1. The zero-order valence-corrected chi connectivity index (χ0v) is 10.1. The maximum Gasteiger partial charge on any atom is 0.332 e. The Labute approximate surface area is 95.9 Å². The number of cyclic esters (lactones) is 1. The summed E-state index contributed by atoms with van der Waals surface area (Å²) in [6.45, 7) is 7.96. The van der Waals surface area contributed by atoms with Crippen LogP contribution in [0.4, 0.5) is 0 Å². The smallest absolute Gasteiger partial charge is 0.332 e. The normalized spacial score (nSPS) is 18.2. The molecule has 2 rings (SSSR count). The van der Waals surface area contributed by atoms with E-state index in [1.807, 2.05) is 13.8 Å². The molecular weight excluding hydrogens is 200 g/mol. The molecule has 0 spiro atoms. The van der Waals surface area contributed by atoms with Gasteiger partial charge in [-0.3, -0.25) is 0 Å². The van der Waals surface area contributed by atoms with Crippen molar-refractivity contribution in [1.82, 2.24) is 0 Å². The van der Waals surface area contributed by atoms with Crippen LogP contribution in [0.1, 0.15) is 30.5 Å². The number of benzene rings is 1. The molecule has 0 radical (unpaired) electrons. The van der Waals surface area contributed by atoms with E-state index in [-0.39, 0.29) is 5.97 Å². The first kappa shape index (κ1) is 10.9. The molecule has 0 unspecified atom stereocenters. The van der Waals surface area contributed by atoms with Gasteiger partial charge in [-0.05, 0) is 38.8 Å². The Morgan fingerprint density at radius 1 is 1.19 bits per heavy atom. The van der Waals surface area contributed by atoms with Crippen molar-refractivity contribution in [1.29, 1.82) is 0 Å². The minimum Gasteiger partial charge on any atom is -0.452 e. The fourth-order valence-corrected chi connectivity index (χ4v) is 2.15. The number of hydrogen-bond donors (Lipinski definition) is 0. The van der Waals surface area contributed by atoms with E-state index in [1.54, 1.807) is 6.08 Å². The third-order valence-corrected chi connectivity index (χ3v) is 2.94. The number of aryl methyl sites for hydroxylation is 2. The van der Waals surface area contributed by atoms with Crippen LogP contribution in [0.15, 0.2) is 24.3 Å². The van der Waals surface area contributed by atoms with E-state index in [0.29, 0.717) is 0 Å². The van der Waals surface area contributed by atoms with Gasteiger partial charge in [-0.15, -0.1) is 0 Å². The van der Waals surface area contributed by atoms with Gasteiger partial charge in [-0.1, -0.05) is 23.8 Å². The minimum absolute atomic E-state index is 0.250. The number of carbonyl (C=O) groups excluding carboxylic acids is 1. The summed E-state index contributed by atoms with van der Waals surface area (Å²) in [5, 5.41) is 0. The molecule has 0 amide bonds. The second kappa shape index (κ2) is 3.48. The minimum atomic E-state index is -0.517. The zero-order chi connectivity index (χ0) is 11.9. The predicted molar refractivity (Wildman–Crippen MR) is 64.1 cm³/mol. The lowest BCUT2D eigenvalue weighted by Crippen LogP contribution is -2.22. The predicted octanol–water partition coefficient (Wildman–Crippen LogP) is 3.02. The van der Waals surface area contributed by atoms with Crippen molar-refractivity contribution >= 4 is 11.5 Å². The van der Waals surface area contributed by atoms with Gasteiger partial charge in [-0.25, -0.2) is 4.79 Å². The van der Waals surface area contributed by atoms with E-state index in [2.05, 4.69) is 32.0 Å². The van der Waals surface area contributed by atoms with E-state index < -0.39 is 5.60 Å². The van der Waals surface area contributed by atoms with Crippen molar-refractivity contribution in [2.24, 2.45) is 0 Å². The Balaban J connectivity index is 2.53. The average molecular weight is 216 g/mol. The van der Waals surface area contributed by atoms with Crippen LogP contribution in [0, 0.1) is 13.8 Å². The van der Waals surface area contributed by atoms with Crippen molar-refractivity contribution in [3.63, 3.8) is 0 Å². The first-order valence-corrected chi connectivity index (χ1v) is 5.43. The molecule has 1 aliphatic rings. The van der Waals surface area contributed by atoms with E-state index in [9.17, 15) is 4.79 Å². The van der Waals surface area contributed by atoms with Crippen LogP contribution in [0.5, 0.6) is 0 Å². The molecule has 0 aromatic heterocycles. The molecule has 0 saturated carbocycles. The summed E-state index contributed by atoms with van der Waals surface area (Å²) in [7, 11) is 0. The van der Waals surface area contributed by atoms with E-state index in [4.69, 9.17) is 4.74 Å². The molecule has 2 heteroatoms. The topological polar surface area (TPSA) is 26.3 Å². The van der Waals surface area contributed by atoms with Gasteiger partial charge in [0.15, 0.2) is 0 Å². The van der Waals surface area contributed by atoms with Crippen molar-refractivity contribution in [3.05, 3.63) is 41.0 Å². The van der Waals surface area contributed by atoms with Crippen LogP contribution >= 0.6 is 0 Å². The van der Waals surface area contributed by atoms with E-state index in [1.165, 1.54) is 11.1 Å². The Morgan fingerprint density at radius 3 is 2.38 bits per heavy atom. The Morgan fingerprint density at radius 2 is 1.88 bits per heavy atom. The summed E-state index contributed by atoms with van der Waals surface area (Å²) >= 11 is 0. The van der Waals surface area contributed by atoms with Crippen molar-refractivity contribution in [3.8, 4) is 0 Å². The monoisotopic (exact) mass is 216 g/mol. The number of esters is 1. The number of hydrogen-bond acceptors (Lipinski definition) is 2. The van der Waals surface area contributed by atoms with Gasteiger partial charge in [-0.2, -0.15) is 0 Å². The number of carbonyl (C=O) groups is 1. The van der Waals surface area contributed by atoms with Crippen LogP contribution in [-0.2, 0) is 9.53 Å². The fraction of sp³-hybridized carbons (Fsp3) is 0.357. The summed E-state index contributed by atoms with van der Waals surface area (Å²) in [6, 6.07) is 6.23. The molecule has 0 fully saturated rings. The highest BCUT2D eigenvalue weighted by Crippen LogP contribution is 2.36. The third-order valence-electron chi connectivity index (χ3n) is 2.94. The van der Waals surface area contributed by atoms with Crippen LogP contribution in [0.3, 0.4) is 0 Å². The lowest BCUT2D eigenvalue weighted by molar-refractivity contribution is -0.142. The molecule has 84 valence electrons. The molecule has 0 N–H and O–H groups in total. The van der Waals surface area contributed by atoms with Crippen molar-refractivity contribution in [2.75, 3.05) is 0 Å². The second-order valence-corrected chi connectivity index (χ2v) is 4.81. The number of rotatable bonds is 1. The lowest BCUT2D eigenvalue weighted by atomic mass is 9.89. The van der Waals surface area contributed by atoms with Crippen LogP contribution in [-0.4, -0.2) is 11.6 Å². The van der Waals surface area contributed by atoms with Gasteiger partial charge in [0.2, 0.25) is 0 Å². The maximum absolute atomic E-state index is 11.3. The lowest BCUT2D eigenvalue weighted by Gasteiger charge is -2.22. The van der Waals surface area contributed by atoms with E-state index in [0.717, 1.165) is 11.1 Å². The van der Waals surface area contributed by atoms with E-state index >= 15 is 0 Å². The van der Waals surface area contributed by atoms with Crippen LogP contribution in [0.2, 0.25) is 0 Å². The zero-order valence-electron chi connectivity index (χ0n) is 10.1. The highest BCUT2D eigenvalue weighted by Gasteiger charge is 2.35. The maximum atomic E-state index is 11.3. The summed E-state index contributed by atoms with van der Waals surface area (Å²) in [5.74, 6) is -0.250. The molecular formula is C14H16O2. The van der Waals surface area contributed by atoms with Gasteiger partial charge in [0.25, 0.3) is 0 Å². The first-order valence-electron chi connectivity index (χ1n) is 5.43. The molecule has 0 aliphatic carbocycles. The SMILES string of the molecule is Cc1ccc(C2=CC(=O)OC2(C)C)c(C)c1. The van der Waals surface area contributed by atoms with Crippen LogP contribution in [0.25, 0.3) is 5.57 Å². The molecule has 1 heterocycles. The average Bonchev–Trinajstić information content (AvgIpc) is 2.39. The summed E-state index contributed by atoms with van der Waals surface area (Å²) < 4.78 is 5.27. The highest BCUT2D eigenvalue weighted by atomic mass is 16.6. The van der Waals surface area contributed by atoms with Crippen molar-refractivity contribution < 1.29 is 9.53 Å². The molecule has 0 atom stereocenters. The van der Waals surface area contributed by atoms with Gasteiger partial charge in [0, 0.05) is 11.6 Å². The second-order valence-electron chi connectivity index (χ2n) is 4.81. The van der Waals surface area contributed by atoms with Crippen LogP contribution < -0.4 is 0 Å². The molecule has 0 saturated heterocycles. The van der Waals surface area contributed by atoms with Gasteiger partial charge in [0.05, 0.1) is 0 Å². The van der Waals surface area contributed by atoms with Gasteiger partial charge >= 0.3 is 5.97 Å². The van der Waals surface area contributed by atoms with Crippen molar-refractivity contribution in [2.45, 2.75) is 33.3 Å². The molecule has 2 nitrogen and oxygen atoms in total. The van der Waals surface area contributed by atoms with Gasteiger partial charge < -0.3 is 4.74 Å².